The molecule has 1 aromatic heterocycles. The predicted octanol–water partition coefficient (Wildman–Crippen LogP) is 5.70. The lowest BCUT2D eigenvalue weighted by Crippen LogP contribution is -2.54. The van der Waals surface area contributed by atoms with Gasteiger partial charge >= 0.3 is 18.2 Å². The first-order valence-corrected chi connectivity index (χ1v) is 20.5. The van der Waals surface area contributed by atoms with Crippen molar-refractivity contribution in [2.45, 2.75) is 129 Å². The first-order chi connectivity index (χ1) is 28.2. The van der Waals surface area contributed by atoms with Crippen molar-refractivity contribution in [2.24, 2.45) is 0 Å². The van der Waals surface area contributed by atoms with E-state index in [9.17, 15) is 33.9 Å². The number of halogens is 2. The molecule has 3 heterocycles. The van der Waals surface area contributed by atoms with Crippen molar-refractivity contribution in [1.82, 2.24) is 25.4 Å². The van der Waals surface area contributed by atoms with Gasteiger partial charge in [-0.25, -0.2) is 23.2 Å². The van der Waals surface area contributed by atoms with E-state index in [1.807, 2.05) is 0 Å². The number of pyridine rings is 1. The first kappa shape index (κ1) is 45.7. The zero-order valence-electron chi connectivity index (χ0n) is 35.5. The van der Waals surface area contributed by atoms with Crippen LogP contribution in [0.5, 0.6) is 5.75 Å². The fourth-order valence-corrected chi connectivity index (χ4v) is 7.60. The molecule has 2 saturated heterocycles. The van der Waals surface area contributed by atoms with Gasteiger partial charge in [0.25, 0.3) is 0 Å². The number of anilines is 1. The van der Waals surface area contributed by atoms with Crippen molar-refractivity contribution in [3.63, 3.8) is 0 Å². The number of unbranched alkanes of at least 4 members (excludes halogenated alkanes) is 1. The van der Waals surface area contributed by atoms with E-state index < -0.39 is 82.4 Å². The largest absolute Gasteiger partial charge is 0.492 e. The number of piperidine rings is 1. The third kappa shape index (κ3) is 11.4. The highest BCUT2D eigenvalue weighted by Gasteiger charge is 2.38. The molecule has 2 atom stereocenters. The van der Waals surface area contributed by atoms with E-state index in [1.54, 1.807) is 51.0 Å². The van der Waals surface area contributed by atoms with Crippen LogP contribution < -0.4 is 31.0 Å². The summed E-state index contributed by atoms with van der Waals surface area (Å²) in [5.41, 5.74) is -2.18. The Labute approximate surface area is 347 Å². The Morgan fingerprint density at radius 3 is 2.27 bits per heavy atom. The van der Waals surface area contributed by atoms with Gasteiger partial charge < -0.3 is 49.6 Å². The maximum absolute atomic E-state index is 16.0. The molecular weight excluding hydrogens is 786 g/mol. The Morgan fingerprint density at radius 2 is 1.63 bits per heavy atom. The maximum Gasteiger partial charge on any atom is 0.408 e. The summed E-state index contributed by atoms with van der Waals surface area (Å²) in [6.45, 7) is 10.7. The van der Waals surface area contributed by atoms with Crippen molar-refractivity contribution in [3.05, 3.63) is 45.3 Å². The second kappa shape index (κ2) is 18.9. The summed E-state index contributed by atoms with van der Waals surface area (Å²) in [7, 11) is 1.33. The molecule has 330 valence electrons. The Morgan fingerprint density at radius 1 is 0.950 bits per heavy atom. The van der Waals surface area contributed by atoms with Crippen molar-refractivity contribution in [2.75, 3.05) is 44.7 Å². The van der Waals surface area contributed by atoms with E-state index in [2.05, 4.69) is 16.0 Å². The SMILES string of the molecule is COc1c(N2CCCC(=C(F)CNC(=O)C3CCCN3C(=O)C(CCCCNC(=O)OC(C)(C)C)NC(=O)OC(C)(C)C)C2)c(F)cc2c(=O)c(C(=O)O)cn(C3CC3)c12. The van der Waals surface area contributed by atoms with Gasteiger partial charge in [0.1, 0.15) is 40.4 Å². The summed E-state index contributed by atoms with van der Waals surface area (Å²) in [5, 5.41) is 17.5. The van der Waals surface area contributed by atoms with Gasteiger partial charge in [0.2, 0.25) is 17.2 Å². The summed E-state index contributed by atoms with van der Waals surface area (Å²) in [6, 6.07) is -1.03. The van der Waals surface area contributed by atoms with Crippen LogP contribution in [0.15, 0.2) is 28.5 Å². The van der Waals surface area contributed by atoms with Gasteiger partial charge in [-0.1, -0.05) is 0 Å². The molecule has 5 rings (SSSR count). The normalized spacial score (nSPS) is 18.4. The van der Waals surface area contributed by atoms with Gasteiger partial charge in [0, 0.05) is 38.4 Å². The third-order valence-corrected chi connectivity index (χ3v) is 10.4. The minimum Gasteiger partial charge on any atom is -0.492 e. The molecule has 0 spiro atoms. The van der Waals surface area contributed by atoms with Crippen LogP contribution in [0.2, 0.25) is 0 Å². The number of nitrogens with one attached hydrogen (secondary N) is 3. The highest BCUT2D eigenvalue weighted by atomic mass is 19.1. The minimum atomic E-state index is -1.42. The smallest absolute Gasteiger partial charge is 0.408 e. The number of rotatable bonds is 14. The number of carboxylic acids is 1. The number of hydrogen-bond donors (Lipinski definition) is 4. The number of carbonyl (C=O) groups excluding carboxylic acids is 4. The van der Waals surface area contributed by atoms with Crippen LogP contribution in [0.1, 0.15) is 116 Å². The van der Waals surface area contributed by atoms with Gasteiger partial charge in [-0.3, -0.25) is 14.4 Å². The molecule has 2 aliphatic heterocycles. The summed E-state index contributed by atoms with van der Waals surface area (Å²) in [6.07, 6.45) is 4.10. The monoisotopic (exact) mass is 844 g/mol. The van der Waals surface area contributed by atoms with Gasteiger partial charge in [-0.2, -0.15) is 0 Å². The van der Waals surface area contributed by atoms with Crippen LogP contribution >= 0.6 is 0 Å². The lowest BCUT2D eigenvalue weighted by molar-refractivity contribution is -0.140. The fourth-order valence-electron chi connectivity index (χ4n) is 7.60. The topological polar surface area (TPSA) is 198 Å². The van der Waals surface area contributed by atoms with E-state index in [-0.39, 0.29) is 54.4 Å². The molecule has 1 aromatic carbocycles. The Balaban J connectivity index is 1.27. The zero-order valence-corrected chi connectivity index (χ0v) is 35.5. The number of alkyl carbamates (subject to hydrolysis) is 2. The molecule has 16 nitrogen and oxygen atoms in total. The molecule has 1 saturated carbocycles. The lowest BCUT2D eigenvalue weighted by atomic mass is 10.0. The molecule has 2 unspecified atom stereocenters. The molecule has 60 heavy (non-hydrogen) atoms. The molecule has 18 heteroatoms. The van der Waals surface area contributed by atoms with E-state index in [0.717, 1.165) is 18.9 Å². The highest BCUT2D eigenvalue weighted by molar-refractivity contribution is 5.97. The second-order valence-corrected chi connectivity index (χ2v) is 17.5. The molecule has 1 aliphatic carbocycles. The minimum absolute atomic E-state index is 0.0184. The molecular formula is C42H58F2N6O10. The van der Waals surface area contributed by atoms with Gasteiger partial charge in [-0.05, 0) is 111 Å². The number of aromatic nitrogens is 1. The summed E-state index contributed by atoms with van der Waals surface area (Å²) in [5.74, 6) is -3.86. The standard InChI is InChI=1S/C42H58F2N6O10/c1-41(2,3)59-39(56)45-17-9-8-13-30(47-40(57)60-42(4,5)6)37(53)49-19-11-14-31(49)36(52)46-21-29(44)24-12-10-18-48(22-24)33-28(43)20-26-32(35(33)58-7)50(25-15-16-25)23-27(34(26)51)38(54)55/h20,23,25,30-31H,8-19,21-22H2,1-7H3,(H,45,56)(H,46,52)(H,47,57)(H,54,55). The fraction of sp³-hybridized carbons (Fsp3) is 0.619. The average molecular weight is 845 g/mol. The van der Waals surface area contributed by atoms with Crippen LogP contribution in [0.3, 0.4) is 0 Å². The summed E-state index contributed by atoms with van der Waals surface area (Å²) in [4.78, 5) is 80.4. The third-order valence-electron chi connectivity index (χ3n) is 10.4. The van der Waals surface area contributed by atoms with E-state index in [4.69, 9.17) is 14.2 Å². The van der Waals surface area contributed by atoms with Crippen molar-refractivity contribution >= 4 is 46.6 Å². The lowest BCUT2D eigenvalue weighted by Gasteiger charge is -2.33. The quantitative estimate of drug-likeness (QED) is 0.170. The number of methoxy groups -OCH3 is 1. The molecule has 3 fully saturated rings. The number of carboxylic acid groups (broad SMARTS) is 1. The van der Waals surface area contributed by atoms with Crippen molar-refractivity contribution in [3.8, 4) is 5.75 Å². The molecule has 0 bridgehead atoms. The molecule has 4 amide bonds. The maximum atomic E-state index is 16.0. The number of aromatic carboxylic acids is 1. The number of ether oxygens (including phenoxy) is 3. The Kier molecular flexibility index (Phi) is 14.4. The van der Waals surface area contributed by atoms with Crippen LogP contribution in [-0.4, -0.2) is 108 Å². The number of fused-ring (bicyclic) bond motifs is 1. The van der Waals surface area contributed by atoms with Crippen LogP contribution in [0.4, 0.5) is 24.1 Å². The second-order valence-electron chi connectivity index (χ2n) is 17.5. The number of benzene rings is 1. The zero-order chi connectivity index (χ0) is 44.1. The van der Waals surface area contributed by atoms with Crippen molar-refractivity contribution in [1.29, 1.82) is 0 Å². The summed E-state index contributed by atoms with van der Waals surface area (Å²) < 4.78 is 49.9. The molecule has 3 aliphatic rings. The number of likely N-dealkylation sites (tertiary alicyclic amines) is 1. The van der Waals surface area contributed by atoms with Crippen LogP contribution in [-0.2, 0) is 19.1 Å². The number of hydrogen-bond acceptors (Lipinski definition) is 10. The van der Waals surface area contributed by atoms with E-state index in [0.29, 0.717) is 50.6 Å². The number of carbonyl (C=O) groups is 5. The van der Waals surface area contributed by atoms with Crippen molar-refractivity contribution < 1.29 is 52.1 Å². The van der Waals surface area contributed by atoms with Gasteiger partial charge in [-0.15, -0.1) is 0 Å². The molecule has 2 aromatic rings. The first-order valence-electron chi connectivity index (χ1n) is 20.5. The average Bonchev–Trinajstić information content (AvgIpc) is 3.89. The number of amides is 4. The molecule has 0 radical (unpaired) electrons. The Bertz CT molecular complexity index is 2070. The van der Waals surface area contributed by atoms with Crippen LogP contribution in [0, 0.1) is 5.82 Å². The summed E-state index contributed by atoms with van der Waals surface area (Å²) >= 11 is 0. The van der Waals surface area contributed by atoms with Gasteiger partial charge in [0.05, 0.1) is 24.6 Å². The van der Waals surface area contributed by atoms with E-state index >= 15 is 8.78 Å². The predicted molar refractivity (Wildman–Crippen MR) is 219 cm³/mol. The highest BCUT2D eigenvalue weighted by Crippen LogP contribution is 2.44. The van der Waals surface area contributed by atoms with Crippen LogP contribution in [0.25, 0.3) is 10.9 Å². The number of nitrogens with zero attached hydrogens (tertiary/aromatic N) is 3. The van der Waals surface area contributed by atoms with Gasteiger partial charge in [0.15, 0.2) is 11.6 Å². The molecule has 4 N–H and O–H groups in total. The Hall–Kier alpha value is -5.42. The van der Waals surface area contributed by atoms with E-state index in [1.165, 1.54) is 18.2 Å².